The van der Waals surface area contributed by atoms with E-state index in [1.807, 2.05) is 6.92 Å². The van der Waals surface area contributed by atoms with E-state index in [1.54, 1.807) is 0 Å². The van der Waals surface area contributed by atoms with E-state index in [1.165, 1.54) is 11.1 Å². The SMILES string of the molecule is CCCCN1[C@@H](C(=O)OCC)[C@@H]1c1ccc(C)cc1. The van der Waals surface area contributed by atoms with E-state index < -0.39 is 0 Å². The predicted molar refractivity (Wildman–Crippen MR) is 76.0 cm³/mol. The molecule has 0 aromatic heterocycles. The van der Waals surface area contributed by atoms with Gasteiger partial charge in [0.1, 0.15) is 6.04 Å². The van der Waals surface area contributed by atoms with Gasteiger partial charge in [-0.15, -0.1) is 0 Å². The monoisotopic (exact) mass is 261 g/mol. The number of carbonyl (C=O) groups is 1. The van der Waals surface area contributed by atoms with Gasteiger partial charge in [0.25, 0.3) is 0 Å². The van der Waals surface area contributed by atoms with Crippen LogP contribution >= 0.6 is 0 Å². The van der Waals surface area contributed by atoms with Gasteiger partial charge in [0.05, 0.1) is 12.6 Å². The van der Waals surface area contributed by atoms with Crippen molar-refractivity contribution in [1.29, 1.82) is 0 Å². The van der Waals surface area contributed by atoms with Gasteiger partial charge in [-0.1, -0.05) is 43.2 Å². The Morgan fingerprint density at radius 3 is 2.53 bits per heavy atom. The van der Waals surface area contributed by atoms with Crippen molar-refractivity contribution in [3.63, 3.8) is 0 Å². The number of aryl methyl sites for hydroxylation is 1. The van der Waals surface area contributed by atoms with Crippen LogP contribution in [0.1, 0.15) is 43.9 Å². The lowest BCUT2D eigenvalue weighted by molar-refractivity contribution is -0.143. The highest BCUT2D eigenvalue weighted by atomic mass is 16.5. The summed E-state index contributed by atoms with van der Waals surface area (Å²) in [7, 11) is 0. The average Bonchev–Trinajstić information content (AvgIpc) is 3.12. The summed E-state index contributed by atoms with van der Waals surface area (Å²) < 4.78 is 5.17. The molecule has 104 valence electrons. The Morgan fingerprint density at radius 2 is 1.95 bits per heavy atom. The molecular formula is C16H23NO2. The van der Waals surface area contributed by atoms with Crippen LogP contribution in [0.3, 0.4) is 0 Å². The van der Waals surface area contributed by atoms with Crippen LogP contribution in [0.4, 0.5) is 0 Å². The fourth-order valence-electron chi connectivity index (χ4n) is 2.52. The Hall–Kier alpha value is -1.35. The quantitative estimate of drug-likeness (QED) is 0.582. The lowest BCUT2D eigenvalue weighted by atomic mass is 10.1. The molecule has 0 spiro atoms. The zero-order valence-electron chi connectivity index (χ0n) is 12.1. The molecule has 0 saturated carbocycles. The van der Waals surface area contributed by atoms with Gasteiger partial charge >= 0.3 is 5.97 Å². The number of rotatable bonds is 6. The minimum absolute atomic E-state index is 0.0748. The summed E-state index contributed by atoms with van der Waals surface area (Å²) in [6.45, 7) is 7.53. The summed E-state index contributed by atoms with van der Waals surface area (Å²) in [5.41, 5.74) is 2.47. The number of esters is 1. The van der Waals surface area contributed by atoms with Gasteiger partial charge in [-0.25, -0.2) is 0 Å². The van der Waals surface area contributed by atoms with Crippen molar-refractivity contribution in [1.82, 2.24) is 4.90 Å². The Labute approximate surface area is 115 Å². The van der Waals surface area contributed by atoms with Crippen LogP contribution in [0.5, 0.6) is 0 Å². The van der Waals surface area contributed by atoms with Gasteiger partial charge in [-0.3, -0.25) is 9.69 Å². The van der Waals surface area contributed by atoms with Crippen LogP contribution in [-0.2, 0) is 9.53 Å². The molecule has 1 fully saturated rings. The Kier molecular flexibility index (Phi) is 4.59. The van der Waals surface area contributed by atoms with Crippen LogP contribution in [0.15, 0.2) is 24.3 Å². The van der Waals surface area contributed by atoms with E-state index in [0.29, 0.717) is 6.61 Å². The summed E-state index contributed by atoms with van der Waals surface area (Å²) >= 11 is 0. The molecule has 1 saturated heterocycles. The lowest BCUT2D eigenvalue weighted by Gasteiger charge is -2.02. The van der Waals surface area contributed by atoms with Gasteiger partial charge in [-0.2, -0.15) is 0 Å². The molecule has 0 amide bonds. The van der Waals surface area contributed by atoms with Crippen molar-refractivity contribution < 1.29 is 9.53 Å². The van der Waals surface area contributed by atoms with Gasteiger partial charge < -0.3 is 4.74 Å². The van der Waals surface area contributed by atoms with Crippen LogP contribution in [-0.4, -0.2) is 30.1 Å². The molecule has 1 unspecified atom stereocenters. The molecular weight excluding hydrogens is 238 g/mol. The van der Waals surface area contributed by atoms with Crippen molar-refractivity contribution in [3.8, 4) is 0 Å². The molecule has 1 aromatic carbocycles. The molecule has 1 heterocycles. The van der Waals surface area contributed by atoms with E-state index in [9.17, 15) is 4.79 Å². The highest BCUT2D eigenvalue weighted by molar-refractivity contribution is 5.80. The van der Waals surface area contributed by atoms with Gasteiger partial charge in [0.15, 0.2) is 0 Å². The third-order valence-electron chi connectivity index (χ3n) is 3.64. The predicted octanol–water partition coefficient (Wildman–Crippen LogP) is 3.08. The average molecular weight is 261 g/mol. The third-order valence-corrected chi connectivity index (χ3v) is 3.64. The first kappa shape index (κ1) is 14.1. The number of nitrogens with zero attached hydrogens (tertiary/aromatic N) is 1. The number of ether oxygens (including phenoxy) is 1. The topological polar surface area (TPSA) is 29.3 Å². The minimum Gasteiger partial charge on any atom is -0.465 e. The molecule has 0 aliphatic carbocycles. The molecule has 19 heavy (non-hydrogen) atoms. The first-order valence-corrected chi connectivity index (χ1v) is 7.18. The van der Waals surface area contributed by atoms with E-state index in [-0.39, 0.29) is 18.1 Å². The molecule has 1 aliphatic heterocycles. The maximum Gasteiger partial charge on any atom is 0.325 e. The Balaban J connectivity index is 2.08. The van der Waals surface area contributed by atoms with Crippen molar-refractivity contribution in [2.45, 2.75) is 45.7 Å². The maximum absolute atomic E-state index is 12.0. The van der Waals surface area contributed by atoms with E-state index in [4.69, 9.17) is 4.74 Å². The molecule has 3 atom stereocenters. The van der Waals surface area contributed by atoms with E-state index in [2.05, 4.69) is 43.0 Å². The number of unbranched alkanes of at least 4 members (excludes halogenated alkanes) is 1. The molecule has 0 bridgehead atoms. The molecule has 1 aliphatic rings. The molecule has 1 aromatic rings. The second kappa shape index (κ2) is 6.20. The van der Waals surface area contributed by atoms with Gasteiger partial charge in [0.2, 0.25) is 0 Å². The molecule has 0 radical (unpaired) electrons. The zero-order valence-corrected chi connectivity index (χ0v) is 12.1. The van der Waals surface area contributed by atoms with Gasteiger partial charge in [-0.05, 0) is 32.4 Å². The highest BCUT2D eigenvalue weighted by Gasteiger charge is 2.53. The fourth-order valence-corrected chi connectivity index (χ4v) is 2.52. The zero-order chi connectivity index (χ0) is 13.8. The highest BCUT2D eigenvalue weighted by Crippen LogP contribution is 2.43. The summed E-state index contributed by atoms with van der Waals surface area (Å²) in [6, 6.07) is 8.60. The second-order valence-electron chi connectivity index (χ2n) is 5.14. The first-order chi connectivity index (χ1) is 9.19. The van der Waals surface area contributed by atoms with Crippen LogP contribution in [0.2, 0.25) is 0 Å². The molecule has 2 rings (SSSR count). The van der Waals surface area contributed by atoms with Crippen molar-refractivity contribution >= 4 is 5.97 Å². The van der Waals surface area contributed by atoms with Crippen LogP contribution < -0.4 is 0 Å². The molecule has 0 N–H and O–H groups in total. The Bertz CT molecular complexity index is 427. The standard InChI is InChI=1S/C16H23NO2/c1-4-6-11-17-14(15(17)16(18)19-5-2)13-9-7-12(3)8-10-13/h7-10,14-15H,4-6,11H2,1-3H3/t14-,15+,17?/m0/s1. The molecule has 3 nitrogen and oxygen atoms in total. The lowest BCUT2D eigenvalue weighted by Crippen LogP contribution is -2.16. The third kappa shape index (κ3) is 3.16. The maximum atomic E-state index is 12.0. The van der Waals surface area contributed by atoms with Crippen LogP contribution in [0, 0.1) is 6.92 Å². The first-order valence-electron chi connectivity index (χ1n) is 7.18. The van der Waals surface area contributed by atoms with Crippen LogP contribution in [0.25, 0.3) is 0 Å². The smallest absolute Gasteiger partial charge is 0.325 e. The largest absolute Gasteiger partial charge is 0.465 e. The van der Waals surface area contributed by atoms with Crippen molar-refractivity contribution in [2.24, 2.45) is 0 Å². The summed E-state index contributed by atoms with van der Waals surface area (Å²) in [4.78, 5) is 14.2. The van der Waals surface area contributed by atoms with Gasteiger partial charge in [0, 0.05) is 0 Å². The summed E-state index contributed by atoms with van der Waals surface area (Å²) in [5, 5.41) is 0. The van der Waals surface area contributed by atoms with Crippen molar-refractivity contribution in [2.75, 3.05) is 13.2 Å². The Morgan fingerprint density at radius 1 is 1.26 bits per heavy atom. The molecule has 3 heteroatoms. The van der Waals surface area contributed by atoms with E-state index in [0.717, 1.165) is 19.4 Å². The number of hydrogen-bond donors (Lipinski definition) is 0. The fraction of sp³-hybridized carbons (Fsp3) is 0.562. The minimum atomic E-state index is -0.0795. The van der Waals surface area contributed by atoms with Crippen molar-refractivity contribution in [3.05, 3.63) is 35.4 Å². The second-order valence-corrected chi connectivity index (χ2v) is 5.14. The number of carbonyl (C=O) groups excluding carboxylic acids is 1. The number of benzene rings is 1. The summed E-state index contributed by atoms with van der Waals surface area (Å²) in [5.74, 6) is -0.0795. The van der Waals surface area contributed by atoms with E-state index >= 15 is 0 Å². The summed E-state index contributed by atoms with van der Waals surface area (Å²) in [6.07, 6.45) is 2.27. The number of hydrogen-bond acceptors (Lipinski definition) is 3. The normalized spacial score (nSPS) is 25.1.